The van der Waals surface area contributed by atoms with Gasteiger partial charge in [-0.1, -0.05) is 18.2 Å². The Bertz CT molecular complexity index is 724. The van der Waals surface area contributed by atoms with Crippen LogP contribution in [0, 0.1) is 0 Å². The number of rotatable bonds is 2. The Morgan fingerprint density at radius 2 is 1.87 bits per heavy atom. The molecule has 0 bridgehead atoms. The minimum atomic E-state index is -0.230. The maximum absolute atomic E-state index is 6.47. The lowest BCUT2D eigenvalue weighted by molar-refractivity contribution is 0.0532. The third-order valence-electron chi connectivity index (χ3n) is 5.26. The third-order valence-corrected chi connectivity index (χ3v) is 5.26. The fourth-order valence-corrected chi connectivity index (χ4v) is 3.90. The average molecular weight is 311 g/mol. The van der Waals surface area contributed by atoms with Gasteiger partial charge in [0.25, 0.3) is 0 Å². The summed E-state index contributed by atoms with van der Waals surface area (Å²) in [4.78, 5) is 2.40. The van der Waals surface area contributed by atoms with E-state index in [0.29, 0.717) is 6.10 Å². The molecule has 1 saturated heterocycles. The van der Waals surface area contributed by atoms with Crippen molar-refractivity contribution in [1.82, 2.24) is 0 Å². The van der Waals surface area contributed by atoms with Gasteiger partial charge in [-0.25, -0.2) is 0 Å². The normalized spacial score (nSPS) is 31.2. The van der Waals surface area contributed by atoms with Crippen molar-refractivity contribution in [3.63, 3.8) is 0 Å². The van der Waals surface area contributed by atoms with Gasteiger partial charge in [0.1, 0.15) is 0 Å². The van der Waals surface area contributed by atoms with Gasteiger partial charge >= 0.3 is 0 Å². The molecule has 2 aromatic carbocycles. The van der Waals surface area contributed by atoms with E-state index in [4.69, 9.17) is 16.2 Å². The highest BCUT2D eigenvalue weighted by Gasteiger charge is 2.40. The van der Waals surface area contributed by atoms with E-state index in [2.05, 4.69) is 48.2 Å². The number of ether oxygens (including phenoxy) is 1. The molecule has 0 amide bonds. The van der Waals surface area contributed by atoms with Gasteiger partial charge in [0.15, 0.2) is 0 Å². The molecular weight excluding hydrogens is 286 g/mol. The molecule has 1 saturated carbocycles. The van der Waals surface area contributed by atoms with Crippen molar-refractivity contribution >= 4 is 16.5 Å². The summed E-state index contributed by atoms with van der Waals surface area (Å²) in [6.45, 7) is 4.84. The first-order chi connectivity index (χ1) is 11.0. The molecule has 2 fully saturated rings. The SMILES string of the molecule is CC1CN(c2ccc3cc(C4(N)CC(N)C4)ccc3c2)CCO1. The second-order valence-corrected chi connectivity index (χ2v) is 7.20. The Morgan fingerprint density at radius 1 is 1.13 bits per heavy atom. The Hall–Kier alpha value is -1.62. The van der Waals surface area contributed by atoms with E-state index in [1.807, 2.05) is 0 Å². The van der Waals surface area contributed by atoms with Crippen LogP contribution in [-0.2, 0) is 10.3 Å². The molecule has 1 unspecified atom stereocenters. The third kappa shape index (κ3) is 2.71. The number of anilines is 1. The standard InChI is InChI=1S/C19H25N3O/c1-13-12-22(6-7-23-13)18-5-3-14-8-16(4-2-15(14)9-18)19(21)10-17(20)11-19/h2-5,8-9,13,17H,6-7,10-12,20-21H2,1H3. The zero-order valence-corrected chi connectivity index (χ0v) is 13.7. The quantitative estimate of drug-likeness (QED) is 0.893. The number of benzene rings is 2. The highest BCUT2D eigenvalue weighted by atomic mass is 16.5. The van der Waals surface area contributed by atoms with Gasteiger partial charge < -0.3 is 21.1 Å². The molecule has 1 heterocycles. The molecule has 1 aliphatic heterocycles. The first kappa shape index (κ1) is 14.9. The number of hydrogen-bond acceptors (Lipinski definition) is 4. The molecule has 122 valence electrons. The van der Waals surface area contributed by atoms with Gasteiger partial charge in [-0.3, -0.25) is 0 Å². The monoisotopic (exact) mass is 311 g/mol. The highest BCUT2D eigenvalue weighted by molar-refractivity contribution is 5.86. The molecule has 2 aromatic rings. The van der Waals surface area contributed by atoms with E-state index in [9.17, 15) is 0 Å². The van der Waals surface area contributed by atoms with Crippen molar-refractivity contribution in [2.45, 2.75) is 37.5 Å². The van der Waals surface area contributed by atoms with Crippen LogP contribution in [0.15, 0.2) is 36.4 Å². The van der Waals surface area contributed by atoms with E-state index in [0.717, 1.165) is 32.5 Å². The molecule has 1 atom stereocenters. The van der Waals surface area contributed by atoms with Crippen LogP contribution in [0.2, 0.25) is 0 Å². The van der Waals surface area contributed by atoms with Crippen LogP contribution in [0.5, 0.6) is 0 Å². The summed E-state index contributed by atoms with van der Waals surface area (Å²) < 4.78 is 5.63. The fraction of sp³-hybridized carbons (Fsp3) is 0.474. The second kappa shape index (κ2) is 5.48. The molecule has 4 rings (SSSR count). The van der Waals surface area contributed by atoms with Crippen molar-refractivity contribution in [1.29, 1.82) is 0 Å². The average Bonchev–Trinajstić information content (AvgIpc) is 2.52. The Kier molecular flexibility index (Phi) is 3.56. The van der Waals surface area contributed by atoms with Crippen LogP contribution in [0.4, 0.5) is 5.69 Å². The maximum Gasteiger partial charge on any atom is 0.0722 e. The number of nitrogens with zero attached hydrogens (tertiary/aromatic N) is 1. The minimum Gasteiger partial charge on any atom is -0.375 e. The predicted octanol–water partition coefficient (Wildman–Crippen LogP) is 2.34. The van der Waals surface area contributed by atoms with Gasteiger partial charge in [0.2, 0.25) is 0 Å². The van der Waals surface area contributed by atoms with Crippen LogP contribution in [0.25, 0.3) is 10.8 Å². The van der Waals surface area contributed by atoms with E-state index < -0.39 is 0 Å². The zero-order valence-electron chi connectivity index (χ0n) is 13.7. The number of nitrogens with two attached hydrogens (primary N) is 2. The lowest BCUT2D eigenvalue weighted by Crippen LogP contribution is -2.55. The van der Waals surface area contributed by atoms with Crippen LogP contribution < -0.4 is 16.4 Å². The van der Waals surface area contributed by atoms with Crippen LogP contribution in [0.1, 0.15) is 25.3 Å². The van der Waals surface area contributed by atoms with Crippen molar-refractivity contribution in [3.8, 4) is 0 Å². The van der Waals surface area contributed by atoms with Crippen molar-refractivity contribution in [2.75, 3.05) is 24.6 Å². The van der Waals surface area contributed by atoms with E-state index >= 15 is 0 Å². The zero-order chi connectivity index (χ0) is 16.0. The van der Waals surface area contributed by atoms with Crippen molar-refractivity contribution in [3.05, 3.63) is 42.0 Å². The molecule has 0 spiro atoms. The number of fused-ring (bicyclic) bond motifs is 1. The lowest BCUT2D eigenvalue weighted by Gasteiger charge is -2.43. The van der Waals surface area contributed by atoms with Crippen molar-refractivity contribution < 1.29 is 4.74 Å². The largest absolute Gasteiger partial charge is 0.375 e. The van der Waals surface area contributed by atoms with Gasteiger partial charge in [-0.15, -0.1) is 0 Å². The number of hydrogen-bond donors (Lipinski definition) is 2. The molecular formula is C19H25N3O. The molecule has 4 N–H and O–H groups in total. The second-order valence-electron chi connectivity index (χ2n) is 7.20. The van der Waals surface area contributed by atoms with Crippen molar-refractivity contribution in [2.24, 2.45) is 11.5 Å². The van der Waals surface area contributed by atoms with Gasteiger partial charge in [0, 0.05) is 30.4 Å². The molecule has 0 aromatic heterocycles. The Morgan fingerprint density at radius 3 is 2.61 bits per heavy atom. The first-order valence-corrected chi connectivity index (χ1v) is 8.49. The molecule has 0 radical (unpaired) electrons. The van der Waals surface area contributed by atoms with Gasteiger partial charge in [0.05, 0.1) is 12.7 Å². The smallest absolute Gasteiger partial charge is 0.0722 e. The van der Waals surface area contributed by atoms with E-state index in [1.165, 1.54) is 22.0 Å². The Labute approximate surface area is 137 Å². The minimum absolute atomic E-state index is 0.230. The molecule has 2 aliphatic rings. The number of morpholine rings is 1. The van der Waals surface area contributed by atoms with Crippen LogP contribution in [0.3, 0.4) is 0 Å². The lowest BCUT2D eigenvalue weighted by atomic mass is 9.69. The summed E-state index contributed by atoms with van der Waals surface area (Å²) in [5.74, 6) is 0. The molecule has 4 nitrogen and oxygen atoms in total. The van der Waals surface area contributed by atoms with E-state index in [-0.39, 0.29) is 11.6 Å². The summed E-state index contributed by atoms with van der Waals surface area (Å²) in [6, 6.07) is 13.5. The topological polar surface area (TPSA) is 64.5 Å². The van der Waals surface area contributed by atoms with Gasteiger partial charge in [-0.05, 0) is 54.3 Å². The molecule has 1 aliphatic carbocycles. The fourth-order valence-electron chi connectivity index (χ4n) is 3.90. The van der Waals surface area contributed by atoms with Crippen LogP contribution >= 0.6 is 0 Å². The summed E-state index contributed by atoms with van der Waals surface area (Å²) >= 11 is 0. The first-order valence-electron chi connectivity index (χ1n) is 8.49. The summed E-state index contributed by atoms with van der Waals surface area (Å²) in [5.41, 5.74) is 14.6. The molecule has 4 heteroatoms. The van der Waals surface area contributed by atoms with Crippen LogP contribution in [-0.4, -0.2) is 31.8 Å². The molecule has 23 heavy (non-hydrogen) atoms. The highest BCUT2D eigenvalue weighted by Crippen LogP contribution is 2.39. The summed E-state index contributed by atoms with van der Waals surface area (Å²) in [5, 5.41) is 2.51. The maximum atomic E-state index is 6.47. The Balaban J connectivity index is 1.63. The van der Waals surface area contributed by atoms with E-state index in [1.54, 1.807) is 0 Å². The van der Waals surface area contributed by atoms with Gasteiger partial charge in [-0.2, -0.15) is 0 Å². The summed E-state index contributed by atoms with van der Waals surface area (Å²) in [6.07, 6.45) is 2.05. The predicted molar refractivity (Wildman–Crippen MR) is 94.6 cm³/mol. The summed E-state index contributed by atoms with van der Waals surface area (Å²) in [7, 11) is 0.